The Kier molecular flexibility index (Phi) is 7.10. The molecule has 1 aliphatic heterocycles. The summed E-state index contributed by atoms with van der Waals surface area (Å²) in [5, 5.41) is 11.6. The molecule has 2 N–H and O–H groups in total. The first-order chi connectivity index (χ1) is 19.6. The summed E-state index contributed by atoms with van der Waals surface area (Å²) >= 11 is 0. The molecule has 202 valence electrons. The third-order valence-electron chi connectivity index (χ3n) is 7.36. The van der Waals surface area contributed by atoms with Crippen LogP contribution in [0.25, 0.3) is 11.1 Å². The number of hydrogen-bond donors (Lipinski definition) is 2. The number of carboxylic acid groups (broad SMARTS) is 1. The highest BCUT2D eigenvalue weighted by atomic mass is 16.5. The van der Waals surface area contributed by atoms with E-state index in [4.69, 9.17) is 19.3 Å². The van der Waals surface area contributed by atoms with E-state index in [-0.39, 0.29) is 18.9 Å². The van der Waals surface area contributed by atoms with Gasteiger partial charge in [0.05, 0.1) is 12.3 Å². The first-order valence-electron chi connectivity index (χ1n) is 13.5. The SMILES string of the molecule is O=C(O)CCCCOc1ccc2c(c1)Cc1cccc(NC(=O)OCC3c4ccccc4-c4ccccc43)c1O2. The summed E-state index contributed by atoms with van der Waals surface area (Å²) in [7, 11) is 0. The normalized spacial score (nSPS) is 12.8. The van der Waals surface area contributed by atoms with Crippen molar-refractivity contribution in [3.63, 3.8) is 0 Å². The number of para-hydroxylation sites is 1. The van der Waals surface area contributed by atoms with E-state index in [1.165, 1.54) is 11.1 Å². The molecule has 0 bridgehead atoms. The first kappa shape index (κ1) is 25.5. The maximum absolute atomic E-state index is 12.9. The third kappa shape index (κ3) is 5.23. The van der Waals surface area contributed by atoms with Gasteiger partial charge in [-0.3, -0.25) is 10.1 Å². The number of unbranched alkanes of at least 4 members (excludes halogenated alkanes) is 1. The minimum Gasteiger partial charge on any atom is -0.494 e. The van der Waals surface area contributed by atoms with Crippen LogP contribution in [0.1, 0.15) is 47.4 Å². The maximum Gasteiger partial charge on any atom is 0.411 e. The molecule has 0 saturated carbocycles. The second kappa shape index (κ2) is 11.1. The van der Waals surface area contributed by atoms with Crippen LogP contribution >= 0.6 is 0 Å². The lowest BCUT2D eigenvalue weighted by atomic mass is 9.98. The van der Waals surface area contributed by atoms with Crippen molar-refractivity contribution < 1.29 is 28.9 Å². The summed E-state index contributed by atoms with van der Waals surface area (Å²) < 4.78 is 17.8. The zero-order valence-corrected chi connectivity index (χ0v) is 21.9. The predicted molar refractivity (Wildman–Crippen MR) is 151 cm³/mol. The maximum atomic E-state index is 12.9. The van der Waals surface area contributed by atoms with Gasteiger partial charge >= 0.3 is 12.1 Å². The molecule has 4 aromatic carbocycles. The number of benzene rings is 4. The van der Waals surface area contributed by atoms with Crippen molar-refractivity contribution in [2.45, 2.75) is 31.6 Å². The van der Waals surface area contributed by atoms with Crippen molar-refractivity contribution in [3.8, 4) is 28.4 Å². The molecular formula is C33H29NO6. The van der Waals surface area contributed by atoms with E-state index in [1.807, 2.05) is 54.6 Å². The summed E-state index contributed by atoms with van der Waals surface area (Å²) in [4.78, 5) is 23.6. The smallest absolute Gasteiger partial charge is 0.411 e. The zero-order valence-electron chi connectivity index (χ0n) is 21.9. The van der Waals surface area contributed by atoms with Crippen molar-refractivity contribution in [2.24, 2.45) is 0 Å². The van der Waals surface area contributed by atoms with Gasteiger partial charge in [-0.15, -0.1) is 0 Å². The van der Waals surface area contributed by atoms with E-state index in [9.17, 15) is 9.59 Å². The Balaban J connectivity index is 1.09. The Bertz CT molecular complexity index is 1530. The van der Waals surface area contributed by atoms with Gasteiger partial charge in [-0.05, 0) is 59.4 Å². The van der Waals surface area contributed by atoms with E-state index >= 15 is 0 Å². The first-order valence-corrected chi connectivity index (χ1v) is 13.5. The second-order valence-corrected chi connectivity index (χ2v) is 9.99. The van der Waals surface area contributed by atoms with Crippen molar-refractivity contribution in [1.82, 2.24) is 0 Å². The van der Waals surface area contributed by atoms with Crippen LogP contribution in [0.2, 0.25) is 0 Å². The highest BCUT2D eigenvalue weighted by Crippen LogP contribution is 2.45. The molecule has 1 heterocycles. The quantitative estimate of drug-likeness (QED) is 0.191. The fourth-order valence-corrected chi connectivity index (χ4v) is 5.45. The van der Waals surface area contributed by atoms with Crippen LogP contribution < -0.4 is 14.8 Å². The minimum atomic E-state index is -0.794. The summed E-state index contributed by atoms with van der Waals surface area (Å²) in [6.07, 6.45) is 1.49. The molecule has 0 atom stereocenters. The van der Waals surface area contributed by atoms with Gasteiger partial charge in [-0.25, -0.2) is 4.79 Å². The molecule has 4 aromatic rings. The average Bonchev–Trinajstić information content (AvgIpc) is 3.28. The van der Waals surface area contributed by atoms with Gasteiger partial charge in [0.1, 0.15) is 18.1 Å². The number of carboxylic acids is 1. The molecule has 7 nitrogen and oxygen atoms in total. The Morgan fingerprint density at radius 2 is 1.62 bits per heavy atom. The number of carbonyl (C=O) groups is 2. The molecule has 6 rings (SSSR count). The molecule has 0 aromatic heterocycles. The lowest BCUT2D eigenvalue weighted by Gasteiger charge is -2.23. The third-order valence-corrected chi connectivity index (χ3v) is 7.36. The van der Waals surface area contributed by atoms with Gasteiger partial charge in [0.15, 0.2) is 5.75 Å². The van der Waals surface area contributed by atoms with Gasteiger partial charge in [0.2, 0.25) is 0 Å². The molecular weight excluding hydrogens is 506 g/mol. The Morgan fingerprint density at radius 3 is 2.38 bits per heavy atom. The molecule has 1 aliphatic carbocycles. The van der Waals surface area contributed by atoms with Gasteiger partial charge in [0.25, 0.3) is 0 Å². The molecule has 40 heavy (non-hydrogen) atoms. The summed E-state index contributed by atoms with van der Waals surface area (Å²) in [6.45, 7) is 0.690. The number of carbonyl (C=O) groups excluding carboxylic acids is 1. The molecule has 1 amide bonds. The molecule has 0 unspecified atom stereocenters. The Hall–Kier alpha value is -4.78. The van der Waals surface area contributed by atoms with E-state index in [2.05, 4.69) is 29.6 Å². The second-order valence-electron chi connectivity index (χ2n) is 9.99. The van der Waals surface area contributed by atoms with Gasteiger partial charge in [0, 0.05) is 29.9 Å². The molecule has 0 fully saturated rings. The van der Waals surface area contributed by atoms with Gasteiger partial charge in [-0.1, -0.05) is 60.7 Å². The van der Waals surface area contributed by atoms with Crippen molar-refractivity contribution in [2.75, 3.05) is 18.5 Å². The number of anilines is 1. The van der Waals surface area contributed by atoms with Crippen molar-refractivity contribution in [1.29, 1.82) is 0 Å². The molecule has 0 spiro atoms. The van der Waals surface area contributed by atoms with Crippen molar-refractivity contribution in [3.05, 3.63) is 107 Å². The Labute approximate surface area is 232 Å². The van der Waals surface area contributed by atoms with Crippen LogP contribution in [0.5, 0.6) is 17.2 Å². The van der Waals surface area contributed by atoms with Gasteiger partial charge < -0.3 is 19.3 Å². The fourth-order valence-electron chi connectivity index (χ4n) is 5.45. The highest BCUT2D eigenvalue weighted by molar-refractivity contribution is 5.88. The lowest BCUT2D eigenvalue weighted by Crippen LogP contribution is -2.19. The van der Waals surface area contributed by atoms with Crippen LogP contribution in [0.4, 0.5) is 10.5 Å². The number of hydrogen-bond acceptors (Lipinski definition) is 5. The van der Waals surface area contributed by atoms with Crippen LogP contribution in [0, 0.1) is 0 Å². The van der Waals surface area contributed by atoms with Crippen LogP contribution in [-0.2, 0) is 16.0 Å². The van der Waals surface area contributed by atoms with E-state index in [0.717, 1.165) is 22.3 Å². The highest BCUT2D eigenvalue weighted by Gasteiger charge is 2.29. The van der Waals surface area contributed by atoms with Crippen LogP contribution in [-0.4, -0.2) is 30.4 Å². The number of fused-ring (bicyclic) bond motifs is 5. The minimum absolute atomic E-state index is 0.0143. The molecule has 0 saturated heterocycles. The topological polar surface area (TPSA) is 94.1 Å². The number of aliphatic carboxylic acids is 1. The number of ether oxygens (including phenoxy) is 3. The zero-order chi connectivity index (χ0) is 27.5. The summed E-state index contributed by atoms with van der Waals surface area (Å²) in [5.41, 5.74) is 7.18. The Morgan fingerprint density at radius 1 is 0.875 bits per heavy atom. The standard InChI is InChI=1S/C33H29NO6/c35-31(36)14-5-6-17-38-23-15-16-30-22(19-23)18-21-8-7-13-29(32(21)40-30)34-33(37)39-20-28-26-11-3-1-9-24(26)25-10-2-4-12-27(25)28/h1-4,7-13,15-16,19,28H,5-6,14,17-18,20H2,(H,34,37)(H,35,36). The van der Waals surface area contributed by atoms with Crippen molar-refractivity contribution >= 4 is 17.7 Å². The largest absolute Gasteiger partial charge is 0.494 e. The lowest BCUT2D eigenvalue weighted by molar-refractivity contribution is -0.137. The number of rotatable bonds is 9. The summed E-state index contributed by atoms with van der Waals surface area (Å²) in [5.74, 6) is 1.21. The number of nitrogens with one attached hydrogen (secondary N) is 1. The molecule has 0 radical (unpaired) electrons. The monoisotopic (exact) mass is 535 g/mol. The average molecular weight is 536 g/mol. The van der Waals surface area contributed by atoms with E-state index in [0.29, 0.717) is 48.8 Å². The molecule has 2 aliphatic rings. The molecule has 7 heteroatoms. The van der Waals surface area contributed by atoms with Gasteiger partial charge in [-0.2, -0.15) is 0 Å². The van der Waals surface area contributed by atoms with E-state index < -0.39 is 12.1 Å². The van der Waals surface area contributed by atoms with E-state index in [1.54, 1.807) is 6.07 Å². The predicted octanol–water partition coefficient (Wildman–Crippen LogP) is 7.38. The van der Waals surface area contributed by atoms with Crippen LogP contribution in [0.3, 0.4) is 0 Å². The number of amides is 1. The fraction of sp³-hybridized carbons (Fsp3) is 0.212. The summed E-state index contributed by atoms with van der Waals surface area (Å²) in [6, 6.07) is 27.8. The van der Waals surface area contributed by atoms with Crippen LogP contribution in [0.15, 0.2) is 84.9 Å².